The van der Waals surface area contributed by atoms with Crippen LogP contribution < -0.4 is 0 Å². The first kappa shape index (κ1) is 18.3. The van der Waals surface area contributed by atoms with Crippen molar-refractivity contribution in [1.82, 2.24) is 0 Å². The lowest BCUT2D eigenvalue weighted by Gasteiger charge is -2.61. The summed E-state index contributed by atoms with van der Waals surface area (Å²) in [4.78, 5) is 0. The van der Waals surface area contributed by atoms with E-state index in [9.17, 15) is 5.11 Å². The summed E-state index contributed by atoms with van der Waals surface area (Å²) in [6.07, 6.45) is 14.7. The second-order valence-electron chi connectivity index (χ2n) is 11.1. The predicted octanol–water partition coefficient (Wildman–Crippen LogP) is 6.30. The summed E-state index contributed by atoms with van der Waals surface area (Å²) in [5.41, 5.74) is 1.17. The molecular formula is C24H42O. The third kappa shape index (κ3) is 2.66. The average Bonchev–Trinajstić information content (AvgIpc) is 2.97. The highest BCUT2D eigenvalue weighted by molar-refractivity contribution is 5.09. The molecule has 0 aliphatic heterocycles. The summed E-state index contributed by atoms with van der Waals surface area (Å²) in [5.74, 6) is 6.25. The summed E-state index contributed by atoms with van der Waals surface area (Å²) in [6, 6.07) is 0. The second-order valence-corrected chi connectivity index (χ2v) is 11.1. The van der Waals surface area contributed by atoms with E-state index in [4.69, 9.17) is 0 Å². The molecule has 9 atom stereocenters. The van der Waals surface area contributed by atoms with E-state index in [2.05, 4.69) is 27.7 Å². The number of hydrogen-bond donors (Lipinski definition) is 1. The molecule has 0 aromatic heterocycles. The lowest BCUT2D eigenvalue weighted by molar-refractivity contribution is -0.122. The molecule has 0 saturated heterocycles. The minimum absolute atomic E-state index is 0.388. The van der Waals surface area contributed by atoms with Crippen molar-refractivity contribution in [3.05, 3.63) is 0 Å². The Morgan fingerprint density at radius 3 is 2.36 bits per heavy atom. The zero-order valence-electron chi connectivity index (χ0n) is 17.3. The van der Waals surface area contributed by atoms with Crippen LogP contribution in [0.3, 0.4) is 0 Å². The largest absolute Gasteiger partial charge is 0.396 e. The number of fused-ring (bicyclic) bond motifs is 5. The van der Waals surface area contributed by atoms with Gasteiger partial charge in [0, 0.05) is 6.61 Å². The SMILES string of the molecule is CCC1CCC2(C)C(CCC3C2CCC2(C)C(C(C)CO)CCC32)C1. The molecule has 1 heteroatoms. The van der Waals surface area contributed by atoms with E-state index in [1.165, 1.54) is 64.2 Å². The Balaban J connectivity index is 1.56. The van der Waals surface area contributed by atoms with Crippen LogP contribution in [-0.2, 0) is 0 Å². The molecule has 4 fully saturated rings. The highest BCUT2D eigenvalue weighted by Gasteiger charge is 2.60. The van der Waals surface area contributed by atoms with Gasteiger partial charge in [-0.25, -0.2) is 0 Å². The van der Waals surface area contributed by atoms with Crippen molar-refractivity contribution in [3.63, 3.8) is 0 Å². The highest BCUT2D eigenvalue weighted by atomic mass is 16.3. The Morgan fingerprint density at radius 1 is 0.920 bits per heavy atom. The molecule has 0 heterocycles. The first-order chi connectivity index (χ1) is 11.9. The lowest BCUT2D eigenvalue weighted by atomic mass is 9.44. The second kappa shape index (κ2) is 6.54. The maximum atomic E-state index is 9.78. The fourth-order valence-corrected chi connectivity index (χ4v) is 8.82. The topological polar surface area (TPSA) is 20.2 Å². The van der Waals surface area contributed by atoms with Crippen molar-refractivity contribution < 1.29 is 5.11 Å². The van der Waals surface area contributed by atoms with Crippen molar-refractivity contribution in [2.75, 3.05) is 6.61 Å². The monoisotopic (exact) mass is 346 g/mol. The van der Waals surface area contributed by atoms with Crippen LogP contribution in [0.2, 0.25) is 0 Å². The molecule has 4 aliphatic carbocycles. The standard InChI is InChI=1S/C24H42O/c1-5-17-10-12-23(3)18(14-17)6-7-19-21-9-8-20(16(2)15-25)24(21,4)13-11-22(19)23/h16-22,25H,5-15H2,1-4H3. The Hall–Kier alpha value is -0.0400. The number of aliphatic hydroxyl groups is 1. The Kier molecular flexibility index (Phi) is 4.79. The van der Waals surface area contributed by atoms with E-state index in [0.29, 0.717) is 23.4 Å². The van der Waals surface area contributed by atoms with E-state index >= 15 is 0 Å². The number of aliphatic hydroxyl groups excluding tert-OH is 1. The van der Waals surface area contributed by atoms with Gasteiger partial charge in [0.25, 0.3) is 0 Å². The first-order valence-electron chi connectivity index (χ1n) is 11.5. The molecule has 4 saturated carbocycles. The minimum atomic E-state index is 0.388. The quantitative estimate of drug-likeness (QED) is 0.635. The third-order valence-electron chi connectivity index (χ3n) is 10.4. The van der Waals surface area contributed by atoms with Crippen LogP contribution in [0.1, 0.15) is 91.9 Å². The molecule has 0 amide bonds. The van der Waals surface area contributed by atoms with Gasteiger partial charge in [-0.2, -0.15) is 0 Å². The fraction of sp³-hybridized carbons (Fsp3) is 1.00. The van der Waals surface area contributed by atoms with E-state index in [1.54, 1.807) is 0 Å². The highest BCUT2D eigenvalue weighted by Crippen LogP contribution is 2.68. The average molecular weight is 347 g/mol. The zero-order chi connectivity index (χ0) is 17.8. The predicted molar refractivity (Wildman–Crippen MR) is 105 cm³/mol. The summed E-state index contributed by atoms with van der Waals surface area (Å²) >= 11 is 0. The van der Waals surface area contributed by atoms with Crippen LogP contribution in [-0.4, -0.2) is 11.7 Å². The molecule has 1 N–H and O–H groups in total. The molecule has 4 rings (SSSR count). The maximum absolute atomic E-state index is 9.78. The molecule has 0 spiro atoms. The lowest BCUT2D eigenvalue weighted by Crippen LogP contribution is -2.53. The van der Waals surface area contributed by atoms with Gasteiger partial charge in [0.15, 0.2) is 0 Å². The summed E-state index contributed by atoms with van der Waals surface area (Å²) in [6.45, 7) is 10.4. The van der Waals surface area contributed by atoms with Gasteiger partial charge < -0.3 is 5.11 Å². The molecular weight excluding hydrogens is 304 g/mol. The van der Waals surface area contributed by atoms with Gasteiger partial charge in [0.1, 0.15) is 0 Å². The summed E-state index contributed by atoms with van der Waals surface area (Å²) < 4.78 is 0. The van der Waals surface area contributed by atoms with Gasteiger partial charge in [-0.05, 0) is 110 Å². The molecule has 0 aromatic rings. The van der Waals surface area contributed by atoms with Gasteiger partial charge in [0.05, 0.1) is 0 Å². The van der Waals surface area contributed by atoms with Gasteiger partial charge >= 0.3 is 0 Å². The van der Waals surface area contributed by atoms with E-state index in [1.807, 2.05) is 0 Å². The van der Waals surface area contributed by atoms with Crippen LogP contribution in [0.5, 0.6) is 0 Å². The summed E-state index contributed by atoms with van der Waals surface area (Å²) in [5, 5.41) is 9.78. The molecule has 0 aromatic carbocycles. The van der Waals surface area contributed by atoms with Crippen molar-refractivity contribution in [2.24, 2.45) is 52.3 Å². The van der Waals surface area contributed by atoms with Crippen molar-refractivity contribution >= 4 is 0 Å². The van der Waals surface area contributed by atoms with Gasteiger partial charge in [-0.3, -0.25) is 0 Å². The third-order valence-corrected chi connectivity index (χ3v) is 10.4. The van der Waals surface area contributed by atoms with Crippen LogP contribution in [0.4, 0.5) is 0 Å². The minimum Gasteiger partial charge on any atom is -0.396 e. The molecule has 0 bridgehead atoms. The van der Waals surface area contributed by atoms with Crippen LogP contribution in [0.15, 0.2) is 0 Å². The van der Waals surface area contributed by atoms with Gasteiger partial charge in [0.2, 0.25) is 0 Å². The Morgan fingerprint density at radius 2 is 1.64 bits per heavy atom. The van der Waals surface area contributed by atoms with Gasteiger partial charge in [-0.15, -0.1) is 0 Å². The number of hydrogen-bond acceptors (Lipinski definition) is 1. The molecule has 25 heavy (non-hydrogen) atoms. The molecule has 9 unspecified atom stereocenters. The van der Waals surface area contributed by atoms with Crippen LogP contribution in [0, 0.1) is 52.3 Å². The van der Waals surface area contributed by atoms with Crippen LogP contribution >= 0.6 is 0 Å². The first-order valence-corrected chi connectivity index (χ1v) is 11.5. The smallest absolute Gasteiger partial charge is 0.0459 e. The molecule has 4 aliphatic rings. The summed E-state index contributed by atoms with van der Waals surface area (Å²) in [7, 11) is 0. The Bertz CT molecular complexity index is 486. The van der Waals surface area contributed by atoms with Crippen molar-refractivity contribution in [3.8, 4) is 0 Å². The fourth-order valence-electron chi connectivity index (χ4n) is 8.82. The normalized spacial score (nSPS) is 53.6. The maximum Gasteiger partial charge on any atom is 0.0459 e. The molecule has 0 radical (unpaired) electrons. The van der Waals surface area contributed by atoms with E-state index in [0.717, 1.165) is 35.5 Å². The molecule has 144 valence electrons. The molecule has 1 nitrogen and oxygen atoms in total. The van der Waals surface area contributed by atoms with Crippen LogP contribution in [0.25, 0.3) is 0 Å². The number of rotatable bonds is 3. The van der Waals surface area contributed by atoms with Crippen molar-refractivity contribution in [2.45, 2.75) is 91.9 Å². The van der Waals surface area contributed by atoms with E-state index < -0.39 is 0 Å². The van der Waals surface area contributed by atoms with Crippen molar-refractivity contribution in [1.29, 1.82) is 0 Å². The Labute approximate surface area is 156 Å². The zero-order valence-corrected chi connectivity index (χ0v) is 17.3. The van der Waals surface area contributed by atoms with Gasteiger partial charge in [-0.1, -0.05) is 34.1 Å². The van der Waals surface area contributed by atoms with E-state index in [-0.39, 0.29) is 0 Å².